The Morgan fingerprint density at radius 2 is 2.06 bits per heavy atom. The molecule has 2 N–H and O–H groups in total. The van der Waals surface area contributed by atoms with Gasteiger partial charge in [0.25, 0.3) is 0 Å². The van der Waals surface area contributed by atoms with Crippen LogP contribution in [-0.4, -0.2) is 12.2 Å². The predicted molar refractivity (Wildman–Crippen MR) is 63.8 cm³/mol. The average Bonchev–Trinajstić information content (AvgIpc) is 2.20. The van der Waals surface area contributed by atoms with Crippen molar-refractivity contribution in [3.05, 3.63) is 35.1 Å². The fourth-order valence-corrected chi connectivity index (χ4v) is 1.78. The maximum atomic E-state index is 13.2. The van der Waals surface area contributed by atoms with Crippen molar-refractivity contribution < 1.29 is 9.13 Å². The molecule has 0 aromatic heterocycles. The Hall–Kier alpha value is -0.930. The molecule has 0 saturated heterocycles. The molecule has 0 heterocycles. The normalized spacial score (nSPS) is 13.9. The molecule has 1 aromatic rings. The Kier molecular flexibility index (Phi) is 4.05. The summed E-state index contributed by atoms with van der Waals surface area (Å²) in [5.41, 5.74) is 7.44. The predicted octanol–water partition coefficient (Wildman–Crippen LogP) is 2.95. The first-order chi connectivity index (χ1) is 7.38. The van der Waals surface area contributed by atoms with Crippen molar-refractivity contribution in [2.24, 2.45) is 5.73 Å². The molecule has 0 fully saturated rings. The number of aryl methyl sites for hydroxylation is 1. The lowest BCUT2D eigenvalue weighted by Crippen LogP contribution is -2.38. The van der Waals surface area contributed by atoms with Crippen LogP contribution < -0.4 is 5.73 Å². The molecule has 0 saturated carbocycles. The molecule has 0 aliphatic rings. The molecule has 1 atom stereocenters. The topological polar surface area (TPSA) is 35.2 Å². The van der Waals surface area contributed by atoms with Crippen LogP contribution >= 0.6 is 0 Å². The van der Waals surface area contributed by atoms with Gasteiger partial charge in [-0.1, -0.05) is 6.07 Å². The molecule has 0 spiro atoms. The first kappa shape index (κ1) is 13.1. The molecule has 1 rings (SSSR count). The van der Waals surface area contributed by atoms with Gasteiger partial charge in [0.05, 0.1) is 11.6 Å². The van der Waals surface area contributed by atoms with E-state index in [9.17, 15) is 4.39 Å². The minimum absolute atomic E-state index is 0.261. The summed E-state index contributed by atoms with van der Waals surface area (Å²) in [5, 5.41) is 0. The lowest BCUT2D eigenvalue weighted by molar-refractivity contribution is -0.0299. The molecule has 1 unspecified atom stereocenters. The first-order valence-electron chi connectivity index (χ1n) is 5.54. The highest BCUT2D eigenvalue weighted by Crippen LogP contribution is 2.29. The van der Waals surface area contributed by atoms with Crippen molar-refractivity contribution in [2.75, 3.05) is 6.61 Å². The molecule has 0 bridgehead atoms. The molecule has 1 aromatic carbocycles. The average molecular weight is 225 g/mol. The van der Waals surface area contributed by atoms with E-state index >= 15 is 0 Å². The van der Waals surface area contributed by atoms with E-state index in [1.807, 2.05) is 27.7 Å². The van der Waals surface area contributed by atoms with E-state index in [0.29, 0.717) is 6.61 Å². The molecular formula is C13H20FNO. The highest BCUT2D eigenvalue weighted by atomic mass is 19.1. The fraction of sp³-hybridized carbons (Fsp3) is 0.538. The Balaban J connectivity index is 3.03. The Labute approximate surface area is 96.6 Å². The van der Waals surface area contributed by atoms with Crippen molar-refractivity contribution in [3.8, 4) is 0 Å². The Morgan fingerprint density at radius 3 is 2.62 bits per heavy atom. The second kappa shape index (κ2) is 4.93. The van der Waals surface area contributed by atoms with Crippen molar-refractivity contribution in [2.45, 2.75) is 39.3 Å². The maximum absolute atomic E-state index is 13.2. The quantitative estimate of drug-likeness (QED) is 0.855. The number of nitrogens with two attached hydrogens (primary N) is 1. The van der Waals surface area contributed by atoms with Gasteiger partial charge in [0, 0.05) is 6.61 Å². The number of benzene rings is 1. The van der Waals surface area contributed by atoms with Gasteiger partial charge in [0.1, 0.15) is 5.82 Å². The van der Waals surface area contributed by atoms with E-state index in [1.165, 1.54) is 12.1 Å². The van der Waals surface area contributed by atoms with E-state index in [1.54, 1.807) is 6.07 Å². The third-order valence-electron chi connectivity index (χ3n) is 2.84. The van der Waals surface area contributed by atoms with Gasteiger partial charge in [-0.15, -0.1) is 0 Å². The van der Waals surface area contributed by atoms with Gasteiger partial charge in [-0.25, -0.2) is 4.39 Å². The lowest BCUT2D eigenvalue weighted by atomic mass is 9.89. The van der Waals surface area contributed by atoms with Crippen LogP contribution in [0, 0.1) is 12.7 Å². The summed E-state index contributed by atoms with van der Waals surface area (Å²) in [4.78, 5) is 0. The monoisotopic (exact) mass is 225 g/mol. The highest BCUT2D eigenvalue weighted by molar-refractivity contribution is 5.31. The molecular weight excluding hydrogens is 205 g/mol. The van der Waals surface area contributed by atoms with E-state index in [4.69, 9.17) is 10.5 Å². The Morgan fingerprint density at radius 1 is 1.44 bits per heavy atom. The molecule has 0 aliphatic heterocycles. The van der Waals surface area contributed by atoms with Crippen LogP contribution in [0.25, 0.3) is 0 Å². The second-order valence-corrected chi connectivity index (χ2v) is 4.52. The molecule has 0 aliphatic carbocycles. The first-order valence-corrected chi connectivity index (χ1v) is 5.54. The number of ether oxygens (including phenoxy) is 1. The summed E-state index contributed by atoms with van der Waals surface area (Å²) >= 11 is 0. The van der Waals surface area contributed by atoms with Gasteiger partial charge in [0.15, 0.2) is 0 Å². The number of hydrogen-bond donors (Lipinski definition) is 1. The van der Waals surface area contributed by atoms with Crippen LogP contribution in [0.4, 0.5) is 4.39 Å². The molecule has 3 heteroatoms. The SMILES string of the molecule is CCOC(C)(C)C(N)c1cc(F)ccc1C. The second-order valence-electron chi connectivity index (χ2n) is 4.52. The minimum atomic E-state index is -0.493. The van der Waals surface area contributed by atoms with Crippen molar-refractivity contribution in [3.63, 3.8) is 0 Å². The zero-order valence-electron chi connectivity index (χ0n) is 10.4. The maximum Gasteiger partial charge on any atom is 0.123 e. The standard InChI is InChI=1S/C13H20FNO/c1-5-16-13(3,4)12(15)11-8-10(14)7-6-9(11)2/h6-8,12H,5,15H2,1-4H3. The third-order valence-corrected chi connectivity index (χ3v) is 2.84. The van der Waals surface area contributed by atoms with Crippen LogP contribution in [0.15, 0.2) is 18.2 Å². The molecule has 90 valence electrons. The zero-order chi connectivity index (χ0) is 12.3. The summed E-state index contributed by atoms with van der Waals surface area (Å²) in [6.45, 7) is 8.29. The highest BCUT2D eigenvalue weighted by Gasteiger charge is 2.29. The third kappa shape index (κ3) is 2.80. The van der Waals surface area contributed by atoms with Gasteiger partial charge in [-0.3, -0.25) is 0 Å². The number of halogens is 1. The van der Waals surface area contributed by atoms with Gasteiger partial charge in [-0.2, -0.15) is 0 Å². The van der Waals surface area contributed by atoms with Crippen LogP contribution in [0.2, 0.25) is 0 Å². The van der Waals surface area contributed by atoms with E-state index in [2.05, 4.69) is 0 Å². The summed E-state index contributed by atoms with van der Waals surface area (Å²) in [7, 11) is 0. The molecule has 0 amide bonds. The summed E-state index contributed by atoms with van der Waals surface area (Å²) in [6, 6.07) is 4.34. The van der Waals surface area contributed by atoms with Gasteiger partial charge < -0.3 is 10.5 Å². The van der Waals surface area contributed by atoms with E-state index in [-0.39, 0.29) is 11.9 Å². The number of rotatable bonds is 4. The van der Waals surface area contributed by atoms with E-state index < -0.39 is 5.60 Å². The molecule has 16 heavy (non-hydrogen) atoms. The summed E-state index contributed by atoms with van der Waals surface area (Å²) < 4.78 is 18.8. The number of hydrogen-bond acceptors (Lipinski definition) is 2. The molecule has 2 nitrogen and oxygen atoms in total. The lowest BCUT2D eigenvalue weighted by Gasteiger charge is -2.32. The van der Waals surface area contributed by atoms with Gasteiger partial charge >= 0.3 is 0 Å². The summed E-state index contributed by atoms with van der Waals surface area (Å²) in [6.07, 6.45) is 0. The van der Waals surface area contributed by atoms with Crippen LogP contribution in [0.1, 0.15) is 37.9 Å². The van der Waals surface area contributed by atoms with Crippen molar-refractivity contribution in [1.29, 1.82) is 0 Å². The van der Waals surface area contributed by atoms with Gasteiger partial charge in [0.2, 0.25) is 0 Å². The smallest absolute Gasteiger partial charge is 0.123 e. The van der Waals surface area contributed by atoms with E-state index in [0.717, 1.165) is 11.1 Å². The Bertz CT molecular complexity index is 363. The minimum Gasteiger partial charge on any atom is -0.374 e. The van der Waals surface area contributed by atoms with Crippen molar-refractivity contribution in [1.82, 2.24) is 0 Å². The van der Waals surface area contributed by atoms with Crippen LogP contribution in [-0.2, 0) is 4.74 Å². The molecule has 0 radical (unpaired) electrons. The summed E-state index contributed by atoms with van der Waals surface area (Å²) in [5.74, 6) is -0.261. The largest absolute Gasteiger partial charge is 0.374 e. The fourth-order valence-electron chi connectivity index (χ4n) is 1.78. The van der Waals surface area contributed by atoms with Gasteiger partial charge in [-0.05, 0) is 51.0 Å². The van der Waals surface area contributed by atoms with Crippen molar-refractivity contribution >= 4 is 0 Å². The zero-order valence-corrected chi connectivity index (χ0v) is 10.4. The van der Waals surface area contributed by atoms with Crippen LogP contribution in [0.3, 0.4) is 0 Å². The van der Waals surface area contributed by atoms with Crippen LogP contribution in [0.5, 0.6) is 0 Å².